The van der Waals surface area contributed by atoms with Gasteiger partial charge in [0.15, 0.2) is 11.6 Å². The molecular formula is C18H22FN5O2. The zero-order valence-corrected chi connectivity index (χ0v) is 14.4. The average molecular weight is 359 g/mol. The third-order valence-corrected chi connectivity index (χ3v) is 5.18. The molecule has 138 valence electrons. The number of nitrogens with zero attached hydrogens (tertiary/aromatic N) is 3. The van der Waals surface area contributed by atoms with Crippen LogP contribution < -0.4 is 11.1 Å². The Labute approximate surface area is 151 Å². The molecule has 0 radical (unpaired) electrons. The largest absolute Gasteiger partial charge is 0.463 e. The van der Waals surface area contributed by atoms with E-state index in [0.29, 0.717) is 54.4 Å². The number of aromatic nitrogens is 1. The lowest BCUT2D eigenvalue weighted by molar-refractivity contribution is 0.210. The van der Waals surface area contributed by atoms with Crippen molar-refractivity contribution in [2.45, 2.75) is 0 Å². The Morgan fingerprint density at radius 1 is 1.27 bits per heavy atom. The number of nitrogens with two attached hydrogens (primary N) is 1. The lowest BCUT2D eigenvalue weighted by atomic mass is 10.0. The van der Waals surface area contributed by atoms with Crippen molar-refractivity contribution in [2.24, 2.45) is 11.8 Å². The number of nitrogens with one attached hydrogen (secondary N) is 1. The number of halogens is 1. The van der Waals surface area contributed by atoms with Gasteiger partial charge in [0.05, 0.1) is 12.0 Å². The minimum Gasteiger partial charge on any atom is -0.463 e. The van der Waals surface area contributed by atoms with Gasteiger partial charge in [-0.1, -0.05) is 0 Å². The van der Waals surface area contributed by atoms with Gasteiger partial charge >= 0.3 is 6.03 Å². The number of hydrogen-bond donors (Lipinski definition) is 2. The van der Waals surface area contributed by atoms with Crippen molar-refractivity contribution in [2.75, 3.05) is 50.4 Å². The summed E-state index contributed by atoms with van der Waals surface area (Å²) in [4.78, 5) is 21.0. The van der Waals surface area contributed by atoms with E-state index in [4.69, 9.17) is 10.2 Å². The Kier molecular flexibility index (Phi) is 4.50. The Morgan fingerprint density at radius 3 is 2.69 bits per heavy atom. The number of anilines is 2. The summed E-state index contributed by atoms with van der Waals surface area (Å²) in [5.41, 5.74) is 6.98. The van der Waals surface area contributed by atoms with Crippen LogP contribution in [0.25, 0.3) is 11.5 Å². The number of alkyl halides is 1. The molecule has 26 heavy (non-hydrogen) atoms. The normalized spacial score (nSPS) is 22.6. The first-order valence-electron chi connectivity index (χ1n) is 8.78. The minimum atomic E-state index is -0.319. The molecule has 2 unspecified atom stereocenters. The number of carbonyl (C=O) groups is 1. The summed E-state index contributed by atoms with van der Waals surface area (Å²) in [7, 11) is 0. The number of furan rings is 1. The third kappa shape index (κ3) is 3.24. The fourth-order valence-electron chi connectivity index (χ4n) is 3.87. The number of nitrogen functional groups attached to an aromatic ring is 1. The number of fused-ring (bicyclic) bond motifs is 1. The maximum Gasteiger partial charge on any atom is 0.323 e. The van der Waals surface area contributed by atoms with Crippen LogP contribution in [0.3, 0.4) is 0 Å². The first-order valence-corrected chi connectivity index (χ1v) is 8.78. The highest BCUT2D eigenvalue weighted by Crippen LogP contribution is 2.31. The van der Waals surface area contributed by atoms with E-state index in [0.717, 1.165) is 13.1 Å². The topological polar surface area (TPSA) is 87.6 Å². The molecule has 0 aromatic carbocycles. The molecule has 2 amide bonds. The van der Waals surface area contributed by atoms with Gasteiger partial charge in [-0.15, -0.1) is 0 Å². The summed E-state index contributed by atoms with van der Waals surface area (Å²) in [6.45, 7) is 3.23. The number of hydrogen-bond acceptors (Lipinski definition) is 5. The van der Waals surface area contributed by atoms with Crippen molar-refractivity contribution >= 4 is 17.5 Å². The molecule has 2 fully saturated rings. The van der Waals surface area contributed by atoms with Gasteiger partial charge in [0, 0.05) is 32.7 Å². The second kappa shape index (κ2) is 6.95. The second-order valence-corrected chi connectivity index (χ2v) is 6.92. The van der Waals surface area contributed by atoms with Crippen molar-refractivity contribution in [3.8, 4) is 11.5 Å². The van der Waals surface area contributed by atoms with Gasteiger partial charge in [-0.25, -0.2) is 14.2 Å². The first kappa shape index (κ1) is 16.8. The maximum absolute atomic E-state index is 12.6. The summed E-state index contributed by atoms with van der Waals surface area (Å²) in [5.74, 6) is 1.77. The van der Waals surface area contributed by atoms with E-state index in [1.54, 1.807) is 35.4 Å². The van der Waals surface area contributed by atoms with Crippen molar-refractivity contribution in [1.29, 1.82) is 0 Å². The lowest BCUT2D eigenvalue weighted by Gasteiger charge is -2.21. The fraction of sp³-hybridized carbons (Fsp3) is 0.444. The molecule has 2 atom stereocenters. The highest BCUT2D eigenvalue weighted by molar-refractivity contribution is 5.91. The van der Waals surface area contributed by atoms with Crippen molar-refractivity contribution < 1.29 is 13.6 Å². The van der Waals surface area contributed by atoms with Crippen molar-refractivity contribution in [3.63, 3.8) is 0 Å². The Hall–Kier alpha value is -2.61. The van der Waals surface area contributed by atoms with Crippen LogP contribution in [0.4, 0.5) is 20.7 Å². The molecule has 7 nitrogen and oxygen atoms in total. The van der Waals surface area contributed by atoms with Gasteiger partial charge in [-0.3, -0.25) is 5.32 Å². The quantitative estimate of drug-likeness (QED) is 0.874. The van der Waals surface area contributed by atoms with E-state index in [-0.39, 0.29) is 12.7 Å². The van der Waals surface area contributed by atoms with Crippen LogP contribution in [-0.2, 0) is 0 Å². The molecule has 2 saturated heterocycles. The van der Waals surface area contributed by atoms with Crippen LogP contribution in [-0.4, -0.2) is 60.2 Å². The zero-order chi connectivity index (χ0) is 18.1. The van der Waals surface area contributed by atoms with Crippen LogP contribution in [0.2, 0.25) is 0 Å². The van der Waals surface area contributed by atoms with Crippen LogP contribution in [0.15, 0.2) is 34.9 Å². The number of pyridine rings is 1. The van der Waals surface area contributed by atoms with Gasteiger partial charge in [-0.2, -0.15) is 0 Å². The number of amides is 2. The minimum absolute atomic E-state index is 0.202. The predicted molar refractivity (Wildman–Crippen MR) is 96.3 cm³/mol. The Morgan fingerprint density at radius 2 is 2.04 bits per heavy atom. The summed E-state index contributed by atoms with van der Waals surface area (Å²) in [5, 5.41) is 2.82. The van der Waals surface area contributed by atoms with Crippen molar-refractivity contribution in [1.82, 2.24) is 14.8 Å². The fourth-order valence-corrected chi connectivity index (χ4v) is 3.87. The number of likely N-dealkylation sites (tertiary alicyclic amines) is 2. The van der Waals surface area contributed by atoms with Gasteiger partial charge in [0.25, 0.3) is 0 Å². The van der Waals surface area contributed by atoms with Crippen molar-refractivity contribution in [3.05, 3.63) is 30.5 Å². The van der Waals surface area contributed by atoms with E-state index in [2.05, 4.69) is 15.2 Å². The van der Waals surface area contributed by atoms with Crippen LogP contribution >= 0.6 is 0 Å². The van der Waals surface area contributed by atoms with Gasteiger partial charge in [0.2, 0.25) is 0 Å². The SMILES string of the molecule is Nc1ccc(-c2ccco2)nc1NC(=O)N1CC2CN(CCF)CC2C1. The number of carbonyl (C=O) groups excluding carboxylic acids is 1. The average Bonchev–Trinajstić information content (AvgIpc) is 3.32. The number of urea groups is 1. The van der Waals surface area contributed by atoms with E-state index in [1.165, 1.54) is 0 Å². The highest BCUT2D eigenvalue weighted by atomic mass is 19.1. The number of rotatable bonds is 4. The molecule has 0 spiro atoms. The third-order valence-electron chi connectivity index (χ3n) is 5.18. The van der Waals surface area contributed by atoms with Gasteiger partial charge in [0.1, 0.15) is 12.4 Å². The van der Waals surface area contributed by atoms with E-state index < -0.39 is 0 Å². The molecular weight excluding hydrogens is 337 g/mol. The summed E-state index contributed by atoms with van der Waals surface area (Å²) >= 11 is 0. The molecule has 0 saturated carbocycles. The maximum atomic E-state index is 12.6. The van der Waals surface area contributed by atoms with Crippen LogP contribution in [0.1, 0.15) is 0 Å². The van der Waals surface area contributed by atoms with E-state index >= 15 is 0 Å². The predicted octanol–water partition coefficient (Wildman–Crippen LogP) is 2.29. The van der Waals surface area contributed by atoms with Crippen LogP contribution in [0, 0.1) is 11.8 Å². The molecule has 2 aliphatic rings. The molecule has 3 N–H and O–H groups in total. The summed E-state index contributed by atoms with van der Waals surface area (Å²) in [6, 6.07) is 6.83. The lowest BCUT2D eigenvalue weighted by Crippen LogP contribution is -2.36. The van der Waals surface area contributed by atoms with E-state index in [1.807, 2.05) is 0 Å². The molecule has 0 aliphatic carbocycles. The summed E-state index contributed by atoms with van der Waals surface area (Å²) < 4.78 is 17.8. The van der Waals surface area contributed by atoms with Crippen LogP contribution in [0.5, 0.6) is 0 Å². The van der Waals surface area contributed by atoms with Gasteiger partial charge < -0.3 is 20.0 Å². The summed E-state index contributed by atoms with van der Waals surface area (Å²) in [6.07, 6.45) is 1.57. The molecule has 0 bridgehead atoms. The zero-order valence-electron chi connectivity index (χ0n) is 14.4. The standard InChI is InChI=1S/C18H22FN5O2/c19-5-6-23-8-12-10-24(11-13(12)9-23)18(25)22-17-14(20)3-4-15(21-17)16-2-1-7-26-16/h1-4,7,12-13H,5-6,8-11,20H2,(H,21,22,25). The Bertz CT molecular complexity index is 768. The van der Waals surface area contributed by atoms with E-state index in [9.17, 15) is 9.18 Å². The molecule has 4 rings (SSSR count). The molecule has 4 heterocycles. The Balaban J connectivity index is 1.41. The molecule has 2 aliphatic heterocycles. The monoisotopic (exact) mass is 359 g/mol. The molecule has 2 aromatic rings. The second-order valence-electron chi connectivity index (χ2n) is 6.92. The smallest absolute Gasteiger partial charge is 0.323 e. The molecule has 2 aromatic heterocycles. The highest BCUT2D eigenvalue weighted by Gasteiger charge is 2.41. The first-order chi connectivity index (χ1) is 12.6. The molecule has 8 heteroatoms. The van der Waals surface area contributed by atoms with Gasteiger partial charge in [-0.05, 0) is 36.1 Å².